The van der Waals surface area contributed by atoms with E-state index >= 15 is 0 Å². The van der Waals surface area contributed by atoms with Gasteiger partial charge in [-0.1, -0.05) is 32.4 Å². The number of nitrogens with one attached hydrogen (secondary N) is 3. The van der Waals surface area contributed by atoms with E-state index in [2.05, 4.69) is 40.9 Å². The lowest BCUT2D eigenvalue weighted by Crippen LogP contribution is -2.38. The highest BCUT2D eigenvalue weighted by Gasteiger charge is 2.03. The fraction of sp³-hybridized carbons (Fsp3) is 0.529. The Hall–Kier alpha value is -2.04. The number of benzene rings is 1. The molecular formula is C17H28N4O. The topological polar surface area (TPSA) is 65.5 Å². The van der Waals surface area contributed by atoms with Crippen molar-refractivity contribution in [2.24, 2.45) is 4.99 Å². The summed E-state index contributed by atoms with van der Waals surface area (Å²) in [6, 6.07) is 7.89. The lowest BCUT2D eigenvalue weighted by Gasteiger charge is -2.11. The second-order valence-corrected chi connectivity index (χ2v) is 5.08. The van der Waals surface area contributed by atoms with Gasteiger partial charge in [0, 0.05) is 18.8 Å². The molecule has 0 aromatic heterocycles. The zero-order valence-electron chi connectivity index (χ0n) is 13.9. The van der Waals surface area contributed by atoms with E-state index in [0.29, 0.717) is 5.96 Å². The number of anilines is 1. The van der Waals surface area contributed by atoms with Crippen molar-refractivity contribution in [1.29, 1.82) is 0 Å². The average molecular weight is 304 g/mol. The van der Waals surface area contributed by atoms with Gasteiger partial charge in [-0.3, -0.25) is 4.79 Å². The van der Waals surface area contributed by atoms with Crippen molar-refractivity contribution in [2.75, 3.05) is 25.0 Å². The van der Waals surface area contributed by atoms with Gasteiger partial charge >= 0.3 is 0 Å². The first-order valence-electron chi connectivity index (χ1n) is 8.10. The Kier molecular flexibility index (Phi) is 8.72. The number of aliphatic imine (C=N–C) groups is 1. The van der Waals surface area contributed by atoms with Gasteiger partial charge in [-0.25, -0.2) is 4.99 Å². The summed E-state index contributed by atoms with van der Waals surface area (Å²) in [5, 5.41) is 9.24. The van der Waals surface area contributed by atoms with E-state index in [1.807, 2.05) is 25.1 Å². The second-order valence-electron chi connectivity index (χ2n) is 5.08. The molecule has 0 saturated carbocycles. The van der Waals surface area contributed by atoms with Crippen LogP contribution in [-0.2, 0) is 11.2 Å². The van der Waals surface area contributed by atoms with E-state index < -0.39 is 0 Å². The summed E-state index contributed by atoms with van der Waals surface area (Å²) in [4.78, 5) is 16.3. The quantitative estimate of drug-likeness (QED) is 0.393. The van der Waals surface area contributed by atoms with Crippen LogP contribution in [0.3, 0.4) is 0 Å². The number of aryl methyl sites for hydroxylation is 1. The predicted molar refractivity (Wildman–Crippen MR) is 93.3 cm³/mol. The minimum absolute atomic E-state index is 0.109. The van der Waals surface area contributed by atoms with Crippen molar-refractivity contribution in [3.63, 3.8) is 0 Å². The van der Waals surface area contributed by atoms with Gasteiger partial charge in [0.25, 0.3) is 0 Å². The number of amides is 1. The largest absolute Gasteiger partial charge is 0.357 e. The first-order valence-corrected chi connectivity index (χ1v) is 8.10. The third-order valence-electron chi connectivity index (χ3n) is 3.17. The van der Waals surface area contributed by atoms with Gasteiger partial charge in [-0.05, 0) is 37.5 Å². The maximum atomic E-state index is 12.0. The maximum absolute atomic E-state index is 12.0. The van der Waals surface area contributed by atoms with Crippen LogP contribution in [0.5, 0.6) is 0 Å². The summed E-state index contributed by atoms with van der Waals surface area (Å²) in [7, 11) is 0. The highest BCUT2D eigenvalue weighted by Crippen LogP contribution is 2.10. The number of hydrogen-bond acceptors (Lipinski definition) is 2. The molecule has 0 aliphatic heterocycles. The SMILES string of the molecule is CCCCNC(=NCC(=O)Nc1cccc(CC)c1)NCC. The van der Waals surface area contributed by atoms with E-state index in [1.54, 1.807) is 0 Å². The van der Waals surface area contributed by atoms with Crippen molar-refractivity contribution in [3.05, 3.63) is 29.8 Å². The molecule has 22 heavy (non-hydrogen) atoms. The molecule has 0 atom stereocenters. The molecule has 0 aliphatic carbocycles. The molecule has 0 spiro atoms. The van der Waals surface area contributed by atoms with Crippen molar-refractivity contribution < 1.29 is 4.79 Å². The van der Waals surface area contributed by atoms with Gasteiger partial charge < -0.3 is 16.0 Å². The van der Waals surface area contributed by atoms with Gasteiger partial charge in [-0.2, -0.15) is 0 Å². The van der Waals surface area contributed by atoms with Gasteiger partial charge in [-0.15, -0.1) is 0 Å². The molecule has 122 valence electrons. The lowest BCUT2D eigenvalue weighted by atomic mass is 10.1. The highest BCUT2D eigenvalue weighted by atomic mass is 16.1. The molecule has 0 aliphatic rings. The number of hydrogen-bond donors (Lipinski definition) is 3. The number of rotatable bonds is 8. The Morgan fingerprint density at radius 1 is 1.18 bits per heavy atom. The first kappa shape index (κ1) is 18.0. The van der Waals surface area contributed by atoms with Crippen molar-refractivity contribution in [2.45, 2.75) is 40.0 Å². The van der Waals surface area contributed by atoms with E-state index in [0.717, 1.165) is 38.0 Å². The summed E-state index contributed by atoms with van der Waals surface area (Å²) in [5.74, 6) is 0.578. The summed E-state index contributed by atoms with van der Waals surface area (Å²) in [6.07, 6.45) is 3.16. The molecule has 3 N–H and O–H groups in total. The number of carbonyl (C=O) groups is 1. The standard InChI is InChI=1S/C17H28N4O/c1-4-7-11-19-17(18-6-3)20-13-16(22)21-15-10-8-9-14(5-2)12-15/h8-10,12H,4-7,11,13H2,1-3H3,(H,21,22)(H2,18,19,20). The molecule has 1 aromatic rings. The first-order chi connectivity index (χ1) is 10.7. The van der Waals surface area contributed by atoms with E-state index in [1.165, 1.54) is 5.56 Å². The summed E-state index contributed by atoms with van der Waals surface area (Å²) >= 11 is 0. The molecule has 5 nitrogen and oxygen atoms in total. The molecule has 0 bridgehead atoms. The summed E-state index contributed by atoms with van der Waals surface area (Å²) < 4.78 is 0. The van der Waals surface area contributed by atoms with Crippen LogP contribution >= 0.6 is 0 Å². The van der Waals surface area contributed by atoms with Crippen LogP contribution in [0, 0.1) is 0 Å². The molecule has 5 heteroatoms. The molecule has 1 aromatic carbocycles. The molecule has 0 unspecified atom stereocenters. The van der Waals surface area contributed by atoms with Crippen LogP contribution in [0.25, 0.3) is 0 Å². The monoisotopic (exact) mass is 304 g/mol. The maximum Gasteiger partial charge on any atom is 0.246 e. The fourth-order valence-corrected chi connectivity index (χ4v) is 1.95. The normalized spacial score (nSPS) is 11.1. The van der Waals surface area contributed by atoms with Crippen LogP contribution in [0.4, 0.5) is 5.69 Å². The Bertz CT molecular complexity index is 485. The van der Waals surface area contributed by atoms with Crippen molar-refractivity contribution >= 4 is 17.6 Å². The minimum atomic E-state index is -0.110. The Morgan fingerprint density at radius 2 is 2.00 bits per heavy atom. The highest BCUT2D eigenvalue weighted by molar-refractivity contribution is 5.94. The van der Waals surface area contributed by atoms with Crippen LogP contribution in [-0.4, -0.2) is 31.5 Å². The number of unbranched alkanes of at least 4 members (excludes halogenated alkanes) is 1. The van der Waals surface area contributed by atoms with E-state index in [-0.39, 0.29) is 12.5 Å². The van der Waals surface area contributed by atoms with Gasteiger partial charge in [0.2, 0.25) is 5.91 Å². The van der Waals surface area contributed by atoms with E-state index in [9.17, 15) is 4.79 Å². The number of nitrogens with zero attached hydrogens (tertiary/aromatic N) is 1. The van der Waals surface area contributed by atoms with Gasteiger partial charge in [0.1, 0.15) is 6.54 Å². The predicted octanol–water partition coefficient (Wildman–Crippen LogP) is 2.54. The third-order valence-corrected chi connectivity index (χ3v) is 3.17. The fourth-order valence-electron chi connectivity index (χ4n) is 1.95. The van der Waals surface area contributed by atoms with Crippen LogP contribution in [0.2, 0.25) is 0 Å². The minimum Gasteiger partial charge on any atom is -0.357 e. The smallest absolute Gasteiger partial charge is 0.246 e. The second kappa shape index (κ2) is 10.7. The summed E-state index contributed by atoms with van der Waals surface area (Å²) in [6.45, 7) is 7.99. The Labute approximate surface area is 133 Å². The molecule has 0 radical (unpaired) electrons. The zero-order chi connectivity index (χ0) is 16.2. The zero-order valence-corrected chi connectivity index (χ0v) is 13.9. The van der Waals surface area contributed by atoms with Crippen LogP contribution < -0.4 is 16.0 Å². The average Bonchev–Trinajstić information content (AvgIpc) is 2.53. The van der Waals surface area contributed by atoms with Gasteiger partial charge in [0.15, 0.2) is 5.96 Å². The summed E-state index contributed by atoms with van der Waals surface area (Å²) in [5.41, 5.74) is 2.03. The Balaban J connectivity index is 2.51. The molecular weight excluding hydrogens is 276 g/mol. The lowest BCUT2D eigenvalue weighted by molar-refractivity contribution is -0.114. The van der Waals surface area contributed by atoms with Crippen LogP contribution in [0.15, 0.2) is 29.3 Å². The number of guanidine groups is 1. The molecule has 1 amide bonds. The van der Waals surface area contributed by atoms with Crippen LogP contribution in [0.1, 0.15) is 39.2 Å². The van der Waals surface area contributed by atoms with E-state index in [4.69, 9.17) is 0 Å². The number of carbonyl (C=O) groups excluding carboxylic acids is 1. The molecule has 0 heterocycles. The molecule has 0 fully saturated rings. The molecule has 1 rings (SSSR count). The van der Waals surface area contributed by atoms with Crippen molar-refractivity contribution in [3.8, 4) is 0 Å². The molecule has 0 saturated heterocycles. The Morgan fingerprint density at radius 3 is 2.68 bits per heavy atom. The van der Waals surface area contributed by atoms with Crippen molar-refractivity contribution in [1.82, 2.24) is 10.6 Å². The van der Waals surface area contributed by atoms with Gasteiger partial charge in [0.05, 0.1) is 0 Å². The third kappa shape index (κ3) is 7.11.